The van der Waals surface area contributed by atoms with Crippen LogP contribution in [-0.4, -0.2) is 17.6 Å². The van der Waals surface area contributed by atoms with E-state index < -0.39 is 22.7 Å². The van der Waals surface area contributed by atoms with E-state index in [0.29, 0.717) is 12.1 Å². The van der Waals surface area contributed by atoms with Crippen LogP contribution in [0.4, 0.5) is 5.69 Å². The van der Waals surface area contributed by atoms with Crippen molar-refractivity contribution in [3.8, 4) is 0 Å². The zero-order chi connectivity index (χ0) is 24.5. The Hall–Kier alpha value is -3.31. The van der Waals surface area contributed by atoms with Crippen LogP contribution in [0.25, 0.3) is 11.1 Å². The van der Waals surface area contributed by atoms with E-state index in [-0.39, 0.29) is 17.6 Å². The lowest BCUT2D eigenvalue weighted by atomic mass is 9.62. The summed E-state index contributed by atoms with van der Waals surface area (Å²) in [6, 6.07) is 27.0. The highest BCUT2D eigenvalue weighted by molar-refractivity contribution is 9.10. The van der Waals surface area contributed by atoms with Gasteiger partial charge in [-0.25, -0.2) is 4.90 Å². The Morgan fingerprint density at radius 3 is 1.91 bits per heavy atom. The number of rotatable bonds is 4. The predicted octanol–water partition coefficient (Wildman–Crippen LogP) is 6.16. The fourth-order valence-electron chi connectivity index (χ4n) is 7.00. The molecule has 3 aliphatic rings. The maximum Gasteiger partial charge on any atom is 0.239 e. The number of allylic oxidation sites excluding steroid dienone is 2. The summed E-state index contributed by atoms with van der Waals surface area (Å²) in [7, 11) is 0. The average Bonchev–Trinajstić information content (AvgIpc) is 3.35. The molecule has 1 saturated carbocycles. The maximum atomic E-state index is 14.4. The van der Waals surface area contributed by atoms with Crippen molar-refractivity contribution in [1.29, 1.82) is 0 Å². The van der Waals surface area contributed by atoms with Crippen LogP contribution in [0.1, 0.15) is 31.4 Å². The van der Waals surface area contributed by atoms with E-state index in [1.165, 1.54) is 4.90 Å². The number of amides is 2. The minimum absolute atomic E-state index is 0.00389. The van der Waals surface area contributed by atoms with Crippen molar-refractivity contribution in [2.24, 2.45) is 22.7 Å². The zero-order valence-corrected chi connectivity index (χ0v) is 21.1. The largest absolute Gasteiger partial charge is 0.298 e. The third kappa shape index (κ3) is 2.65. The molecule has 2 aliphatic carbocycles. The Bertz CT molecular complexity index is 1430. The van der Waals surface area contributed by atoms with Gasteiger partial charge in [-0.3, -0.25) is 14.4 Å². The Morgan fingerprint density at radius 1 is 0.771 bits per heavy atom. The lowest BCUT2D eigenvalue weighted by Gasteiger charge is -2.37. The monoisotopic (exact) mass is 525 g/mol. The molecule has 0 aromatic heterocycles. The Kier molecular flexibility index (Phi) is 4.81. The van der Waals surface area contributed by atoms with Crippen LogP contribution in [0, 0.1) is 22.7 Å². The fourth-order valence-corrected chi connectivity index (χ4v) is 7.38. The van der Waals surface area contributed by atoms with E-state index in [2.05, 4.69) is 15.9 Å². The summed E-state index contributed by atoms with van der Waals surface area (Å²) in [5, 5.41) is 0. The van der Waals surface area contributed by atoms with E-state index in [1.807, 2.05) is 86.6 Å². The Labute approximate surface area is 212 Å². The van der Waals surface area contributed by atoms with E-state index in [0.717, 1.165) is 26.7 Å². The summed E-state index contributed by atoms with van der Waals surface area (Å²) in [6.45, 7) is 3.86. The van der Waals surface area contributed by atoms with Gasteiger partial charge in [-0.2, -0.15) is 0 Å². The summed E-state index contributed by atoms with van der Waals surface area (Å²) < 4.78 is 0.788. The molecule has 2 amide bonds. The second-order valence-corrected chi connectivity index (χ2v) is 10.7. The second kappa shape index (κ2) is 7.59. The van der Waals surface area contributed by atoms with Gasteiger partial charge in [0.15, 0.2) is 5.78 Å². The highest BCUT2D eigenvalue weighted by Crippen LogP contribution is 2.74. The first kappa shape index (κ1) is 22.2. The smallest absolute Gasteiger partial charge is 0.239 e. The Morgan fingerprint density at radius 2 is 1.34 bits per heavy atom. The normalized spacial score (nSPS) is 29.3. The maximum absolute atomic E-state index is 14.4. The number of carbonyl (C=O) groups excluding carboxylic acids is 3. The number of fused-ring (bicyclic) bond motifs is 5. The molecule has 174 valence electrons. The van der Waals surface area contributed by atoms with Gasteiger partial charge < -0.3 is 0 Å². The highest BCUT2D eigenvalue weighted by Gasteiger charge is 2.79. The van der Waals surface area contributed by atoms with Gasteiger partial charge in [0, 0.05) is 4.47 Å². The minimum atomic E-state index is -1.10. The van der Waals surface area contributed by atoms with E-state index in [9.17, 15) is 14.4 Å². The molecule has 4 atom stereocenters. The van der Waals surface area contributed by atoms with Gasteiger partial charge in [0.25, 0.3) is 0 Å². The molecular formula is C30H24BrNO3. The molecule has 4 nitrogen and oxygen atoms in total. The standard InChI is InChI=1S/C30H24BrNO3/c1-3-30-23(19-13-8-5-9-14-19)22(18-11-6-4-7-12-18)29(2,28(30)35)24-25(30)27(34)32(26(24)33)21-16-10-15-20(31)17-21/h4-17,24-25H,3H2,1-2H3/t24-,25-,29-,30+/m0/s1. The van der Waals surface area contributed by atoms with Gasteiger partial charge in [0.2, 0.25) is 11.8 Å². The number of benzene rings is 3. The molecule has 5 heteroatoms. The van der Waals surface area contributed by atoms with Gasteiger partial charge in [0.05, 0.1) is 28.4 Å². The van der Waals surface area contributed by atoms with Crippen LogP contribution in [-0.2, 0) is 14.4 Å². The fraction of sp³-hybridized carbons (Fsp3) is 0.233. The molecule has 0 radical (unpaired) electrons. The van der Waals surface area contributed by atoms with E-state index in [1.54, 1.807) is 12.1 Å². The number of nitrogens with zero attached hydrogens (tertiary/aromatic N) is 1. The van der Waals surface area contributed by atoms with Crippen LogP contribution < -0.4 is 4.90 Å². The number of anilines is 1. The molecule has 3 aromatic carbocycles. The van der Waals surface area contributed by atoms with Crippen LogP contribution >= 0.6 is 15.9 Å². The van der Waals surface area contributed by atoms with E-state index >= 15 is 0 Å². The van der Waals surface area contributed by atoms with Gasteiger partial charge in [-0.15, -0.1) is 0 Å². The topological polar surface area (TPSA) is 54.5 Å². The van der Waals surface area contributed by atoms with Crippen LogP contribution in [0.5, 0.6) is 0 Å². The molecule has 6 rings (SSSR count). The molecule has 0 unspecified atom stereocenters. The summed E-state index contributed by atoms with van der Waals surface area (Å²) in [6.07, 6.45) is 0.453. The van der Waals surface area contributed by atoms with Crippen LogP contribution in [0.15, 0.2) is 89.4 Å². The number of carbonyl (C=O) groups is 3. The van der Waals surface area contributed by atoms with Crippen molar-refractivity contribution in [2.45, 2.75) is 20.3 Å². The third-order valence-corrected chi connectivity index (χ3v) is 8.79. The summed E-state index contributed by atoms with van der Waals surface area (Å²) in [5.74, 6) is -2.03. The van der Waals surface area contributed by atoms with Crippen molar-refractivity contribution in [3.05, 3.63) is 101 Å². The lowest BCUT2D eigenvalue weighted by Crippen LogP contribution is -2.41. The quantitative estimate of drug-likeness (QED) is 0.383. The summed E-state index contributed by atoms with van der Waals surface area (Å²) in [5.41, 5.74) is 2.03. The SMILES string of the molecule is CC[C@@]12C(=O)[C@@](C)(C(c3ccccc3)=C1c1ccccc1)[C@@H]1C(=O)N(c3cccc(Br)c3)C(=O)[C@H]12. The van der Waals surface area contributed by atoms with Crippen molar-refractivity contribution < 1.29 is 14.4 Å². The number of imide groups is 1. The minimum Gasteiger partial charge on any atom is -0.298 e. The predicted molar refractivity (Wildman–Crippen MR) is 139 cm³/mol. The lowest BCUT2D eigenvalue weighted by molar-refractivity contribution is -0.134. The highest BCUT2D eigenvalue weighted by atomic mass is 79.9. The van der Waals surface area contributed by atoms with Gasteiger partial charge >= 0.3 is 0 Å². The number of ketones is 1. The molecule has 1 aliphatic heterocycles. The van der Waals surface area contributed by atoms with Crippen molar-refractivity contribution >= 4 is 50.4 Å². The molecule has 2 fully saturated rings. The van der Waals surface area contributed by atoms with Crippen molar-refractivity contribution in [1.82, 2.24) is 0 Å². The molecule has 3 aromatic rings. The van der Waals surface area contributed by atoms with Crippen LogP contribution in [0.2, 0.25) is 0 Å². The molecule has 2 bridgehead atoms. The van der Waals surface area contributed by atoms with Crippen molar-refractivity contribution in [2.75, 3.05) is 4.90 Å². The Balaban J connectivity index is 1.65. The summed E-state index contributed by atoms with van der Waals surface area (Å²) in [4.78, 5) is 43.9. The number of Topliss-reactive ketones (excluding diaryl/α,β-unsaturated/α-hetero) is 1. The number of hydrogen-bond acceptors (Lipinski definition) is 3. The molecule has 1 saturated heterocycles. The molecule has 0 N–H and O–H groups in total. The molecule has 35 heavy (non-hydrogen) atoms. The zero-order valence-electron chi connectivity index (χ0n) is 19.5. The third-order valence-electron chi connectivity index (χ3n) is 8.30. The molecule has 1 heterocycles. The summed E-state index contributed by atoms with van der Waals surface area (Å²) >= 11 is 3.46. The van der Waals surface area contributed by atoms with Crippen molar-refractivity contribution in [3.63, 3.8) is 0 Å². The first-order valence-corrected chi connectivity index (χ1v) is 12.7. The average molecular weight is 526 g/mol. The van der Waals surface area contributed by atoms with Gasteiger partial charge in [-0.1, -0.05) is 89.6 Å². The van der Waals surface area contributed by atoms with Crippen LogP contribution in [0.3, 0.4) is 0 Å². The number of halogens is 1. The van der Waals surface area contributed by atoms with Gasteiger partial charge in [0.1, 0.15) is 0 Å². The van der Waals surface area contributed by atoms with Gasteiger partial charge in [-0.05, 0) is 53.8 Å². The first-order valence-electron chi connectivity index (χ1n) is 11.9. The first-order chi connectivity index (χ1) is 16.9. The number of hydrogen-bond donors (Lipinski definition) is 0. The molecular weight excluding hydrogens is 502 g/mol. The second-order valence-electron chi connectivity index (χ2n) is 9.79. The molecule has 0 spiro atoms. The van der Waals surface area contributed by atoms with E-state index in [4.69, 9.17) is 0 Å².